The molecule has 13 heteroatoms. The van der Waals surface area contributed by atoms with Gasteiger partial charge in [0.1, 0.15) is 4.90 Å². The second-order valence-corrected chi connectivity index (χ2v) is 12.1. The SMILES string of the molecule is COc1nc(C)cnc1NS(=O)(=O)c1cccnc1-c1ccc(CC(C)(C(=O)O)S(C)(=O)=O)cc1. The number of aliphatic carboxylic acids is 1. The Balaban J connectivity index is 1.97. The number of benzene rings is 1. The Bertz CT molecular complexity index is 1470. The highest BCUT2D eigenvalue weighted by atomic mass is 32.2. The average Bonchev–Trinajstić information content (AvgIpc) is 2.79. The van der Waals surface area contributed by atoms with Gasteiger partial charge in [-0.1, -0.05) is 24.3 Å². The maximum Gasteiger partial charge on any atom is 0.325 e. The summed E-state index contributed by atoms with van der Waals surface area (Å²) in [5.41, 5.74) is 1.55. The molecular weight excluding hydrogens is 496 g/mol. The van der Waals surface area contributed by atoms with Gasteiger partial charge < -0.3 is 9.84 Å². The van der Waals surface area contributed by atoms with Gasteiger partial charge in [-0.15, -0.1) is 0 Å². The standard InChI is InChI=1S/C22H24N4O7S2/c1-14-13-24-19(20(25-14)33-3)26-35(31,32)17-6-5-11-23-18(17)16-9-7-15(8-10-16)12-22(2,21(27)28)34(4,29)30/h5-11,13H,12H2,1-4H3,(H,24,26)(H,27,28). The molecule has 2 heterocycles. The van der Waals surface area contributed by atoms with Gasteiger partial charge in [-0.05, 0) is 31.5 Å². The van der Waals surface area contributed by atoms with Crippen LogP contribution in [0.15, 0.2) is 53.7 Å². The number of aromatic nitrogens is 3. The number of hydrogen-bond donors (Lipinski definition) is 2. The highest BCUT2D eigenvalue weighted by molar-refractivity contribution is 7.93. The molecule has 0 saturated carbocycles. The number of ether oxygens (including phenoxy) is 1. The molecule has 0 bridgehead atoms. The largest absolute Gasteiger partial charge is 0.480 e. The number of carboxylic acids is 1. The zero-order chi connectivity index (χ0) is 26.0. The molecule has 1 atom stereocenters. The summed E-state index contributed by atoms with van der Waals surface area (Å²) in [6, 6.07) is 9.01. The van der Waals surface area contributed by atoms with Crippen LogP contribution in [0.2, 0.25) is 0 Å². The van der Waals surface area contributed by atoms with Gasteiger partial charge in [0, 0.05) is 24.4 Å². The fourth-order valence-corrected chi connectivity index (χ4v) is 5.14. The third-order valence-electron chi connectivity index (χ3n) is 5.39. The van der Waals surface area contributed by atoms with Crippen LogP contribution in [0.25, 0.3) is 11.3 Å². The number of rotatable bonds is 9. The summed E-state index contributed by atoms with van der Waals surface area (Å²) >= 11 is 0. The van der Waals surface area contributed by atoms with Gasteiger partial charge in [0.25, 0.3) is 15.9 Å². The molecule has 11 nitrogen and oxygen atoms in total. The van der Waals surface area contributed by atoms with Crippen LogP contribution in [0.1, 0.15) is 18.2 Å². The summed E-state index contributed by atoms with van der Waals surface area (Å²) in [4.78, 5) is 23.9. The lowest BCUT2D eigenvalue weighted by Crippen LogP contribution is -2.45. The Hall–Kier alpha value is -3.58. The third-order valence-corrected chi connectivity index (χ3v) is 8.71. The van der Waals surface area contributed by atoms with Crippen molar-refractivity contribution >= 4 is 31.6 Å². The van der Waals surface area contributed by atoms with Crippen LogP contribution in [0.3, 0.4) is 0 Å². The zero-order valence-corrected chi connectivity index (χ0v) is 21.0. The Morgan fingerprint density at radius 1 is 1.11 bits per heavy atom. The lowest BCUT2D eigenvalue weighted by molar-refractivity contribution is -0.139. The third kappa shape index (κ3) is 5.41. The van der Waals surface area contributed by atoms with Crippen molar-refractivity contribution in [3.63, 3.8) is 0 Å². The fourth-order valence-electron chi connectivity index (χ4n) is 3.21. The van der Waals surface area contributed by atoms with Crippen LogP contribution in [0.4, 0.5) is 5.82 Å². The van der Waals surface area contributed by atoms with Crippen molar-refractivity contribution in [2.24, 2.45) is 0 Å². The van der Waals surface area contributed by atoms with Crippen molar-refractivity contribution in [2.45, 2.75) is 29.9 Å². The number of sulfone groups is 1. The number of carboxylic acid groups (broad SMARTS) is 1. The van der Waals surface area contributed by atoms with Crippen LogP contribution in [0.5, 0.6) is 5.88 Å². The number of sulfonamides is 1. The molecule has 2 aromatic heterocycles. The smallest absolute Gasteiger partial charge is 0.325 e. The molecule has 186 valence electrons. The van der Waals surface area contributed by atoms with E-state index in [1.54, 1.807) is 19.1 Å². The average molecular weight is 521 g/mol. The van der Waals surface area contributed by atoms with Gasteiger partial charge in [0.2, 0.25) is 5.82 Å². The van der Waals surface area contributed by atoms with Crippen molar-refractivity contribution in [3.8, 4) is 17.1 Å². The number of nitrogens with one attached hydrogen (secondary N) is 1. The molecule has 0 amide bonds. The molecule has 0 radical (unpaired) electrons. The Kier molecular flexibility index (Phi) is 7.13. The summed E-state index contributed by atoms with van der Waals surface area (Å²) in [6.45, 7) is 2.83. The highest BCUT2D eigenvalue weighted by Crippen LogP contribution is 2.30. The van der Waals surface area contributed by atoms with E-state index >= 15 is 0 Å². The minimum Gasteiger partial charge on any atom is -0.480 e. The number of methoxy groups -OCH3 is 1. The van der Waals surface area contributed by atoms with Gasteiger partial charge in [0.15, 0.2) is 14.6 Å². The Labute approximate surface area is 203 Å². The molecule has 35 heavy (non-hydrogen) atoms. The predicted molar refractivity (Wildman–Crippen MR) is 128 cm³/mol. The molecule has 0 saturated heterocycles. The zero-order valence-electron chi connectivity index (χ0n) is 19.4. The molecule has 0 spiro atoms. The van der Waals surface area contributed by atoms with E-state index in [-0.39, 0.29) is 28.7 Å². The van der Waals surface area contributed by atoms with Crippen molar-refractivity contribution in [1.29, 1.82) is 0 Å². The quantitative estimate of drug-likeness (QED) is 0.426. The first-order chi connectivity index (χ1) is 16.3. The number of carbonyl (C=O) groups is 1. The maximum absolute atomic E-state index is 13.2. The van der Waals surface area contributed by atoms with E-state index in [0.29, 0.717) is 16.8 Å². The first kappa shape index (κ1) is 26.0. The first-order valence-electron chi connectivity index (χ1n) is 10.2. The molecular formula is C22H24N4O7S2. The van der Waals surface area contributed by atoms with E-state index in [1.165, 1.54) is 43.8 Å². The van der Waals surface area contributed by atoms with Gasteiger partial charge in [-0.3, -0.25) is 14.5 Å². The Morgan fingerprint density at radius 3 is 2.34 bits per heavy atom. The van der Waals surface area contributed by atoms with E-state index in [2.05, 4.69) is 19.7 Å². The van der Waals surface area contributed by atoms with Crippen molar-refractivity contribution in [3.05, 3.63) is 60.0 Å². The summed E-state index contributed by atoms with van der Waals surface area (Å²) < 4.78 is 56.0. The number of nitrogens with zero attached hydrogens (tertiary/aromatic N) is 3. The van der Waals surface area contributed by atoms with Gasteiger partial charge in [-0.2, -0.15) is 0 Å². The molecule has 0 fully saturated rings. The van der Waals surface area contributed by atoms with Crippen LogP contribution >= 0.6 is 0 Å². The normalized spacial score (nSPS) is 13.6. The number of anilines is 1. The molecule has 2 N–H and O–H groups in total. The van der Waals surface area contributed by atoms with E-state index in [0.717, 1.165) is 13.2 Å². The van der Waals surface area contributed by atoms with E-state index < -0.39 is 30.6 Å². The molecule has 3 aromatic rings. The molecule has 3 rings (SSSR count). The van der Waals surface area contributed by atoms with E-state index in [1.807, 2.05) is 0 Å². The van der Waals surface area contributed by atoms with Gasteiger partial charge in [0.05, 0.1) is 24.7 Å². The van der Waals surface area contributed by atoms with Crippen LogP contribution in [-0.4, -0.2) is 61.0 Å². The van der Waals surface area contributed by atoms with Crippen LogP contribution in [0, 0.1) is 6.92 Å². The van der Waals surface area contributed by atoms with Crippen molar-refractivity contribution in [2.75, 3.05) is 18.1 Å². The molecule has 0 aliphatic rings. The fraction of sp³-hybridized carbons (Fsp3) is 0.273. The van der Waals surface area contributed by atoms with Crippen LogP contribution < -0.4 is 9.46 Å². The molecule has 0 aliphatic carbocycles. The lowest BCUT2D eigenvalue weighted by atomic mass is 9.98. The lowest BCUT2D eigenvalue weighted by Gasteiger charge is -2.22. The summed E-state index contributed by atoms with van der Waals surface area (Å²) in [7, 11) is -6.72. The Morgan fingerprint density at radius 2 is 1.77 bits per heavy atom. The molecule has 1 aromatic carbocycles. The van der Waals surface area contributed by atoms with Gasteiger partial charge in [-0.25, -0.2) is 26.8 Å². The second-order valence-electron chi connectivity index (χ2n) is 8.01. The summed E-state index contributed by atoms with van der Waals surface area (Å²) in [5, 5.41) is 9.48. The summed E-state index contributed by atoms with van der Waals surface area (Å²) in [6.07, 6.45) is 3.44. The maximum atomic E-state index is 13.2. The van der Waals surface area contributed by atoms with Crippen molar-refractivity contribution < 1.29 is 31.5 Å². The van der Waals surface area contributed by atoms with E-state index in [9.17, 15) is 26.7 Å². The van der Waals surface area contributed by atoms with Gasteiger partial charge >= 0.3 is 5.97 Å². The number of hydrogen-bond acceptors (Lipinski definition) is 9. The highest BCUT2D eigenvalue weighted by Gasteiger charge is 2.43. The monoisotopic (exact) mass is 520 g/mol. The molecule has 1 unspecified atom stereocenters. The number of aryl methyl sites for hydroxylation is 1. The molecule has 0 aliphatic heterocycles. The van der Waals surface area contributed by atoms with Crippen molar-refractivity contribution in [1.82, 2.24) is 15.0 Å². The minimum absolute atomic E-state index is 0.00993. The summed E-state index contributed by atoms with van der Waals surface area (Å²) in [5.74, 6) is -1.53. The first-order valence-corrected chi connectivity index (χ1v) is 13.5. The van der Waals surface area contributed by atoms with Crippen LogP contribution in [-0.2, 0) is 31.1 Å². The van der Waals surface area contributed by atoms with E-state index in [4.69, 9.17) is 4.74 Å². The number of pyridine rings is 1. The topological polar surface area (TPSA) is 166 Å². The minimum atomic E-state index is -4.16. The predicted octanol–water partition coefficient (Wildman–Crippen LogP) is 2.09. The second kappa shape index (κ2) is 9.58.